The minimum Gasteiger partial charge on any atom is -0.322 e. The predicted molar refractivity (Wildman–Crippen MR) is 119 cm³/mol. The highest BCUT2D eigenvalue weighted by molar-refractivity contribution is 6.11. The third-order valence-electron chi connectivity index (χ3n) is 4.70. The Morgan fingerprint density at radius 2 is 1.14 bits per heavy atom. The maximum Gasteiger partial charge on any atom is 0.323 e. The van der Waals surface area contributed by atoms with Crippen molar-refractivity contribution in [2.45, 2.75) is 27.7 Å². The molecule has 0 aliphatic rings. The SMILES string of the molecule is Cc1ccc(C)c(NC(=O)Nc2ccccc2C(=O)Nc2cc(C)ccc2C)c1. The summed E-state index contributed by atoms with van der Waals surface area (Å²) in [4.78, 5) is 25.4. The summed E-state index contributed by atoms with van der Waals surface area (Å²) in [5.74, 6) is -0.277. The van der Waals surface area contributed by atoms with Crippen molar-refractivity contribution in [3.8, 4) is 0 Å². The molecule has 0 radical (unpaired) electrons. The highest BCUT2D eigenvalue weighted by atomic mass is 16.2. The van der Waals surface area contributed by atoms with E-state index in [4.69, 9.17) is 0 Å². The first-order valence-electron chi connectivity index (χ1n) is 9.46. The molecule has 148 valence electrons. The minimum absolute atomic E-state index is 0.277. The third kappa shape index (κ3) is 5.02. The van der Waals surface area contributed by atoms with Gasteiger partial charge in [0.15, 0.2) is 0 Å². The van der Waals surface area contributed by atoms with Gasteiger partial charge in [-0.2, -0.15) is 0 Å². The van der Waals surface area contributed by atoms with Crippen molar-refractivity contribution < 1.29 is 9.59 Å². The highest BCUT2D eigenvalue weighted by Crippen LogP contribution is 2.22. The number of aryl methyl sites for hydroxylation is 4. The topological polar surface area (TPSA) is 70.2 Å². The van der Waals surface area contributed by atoms with E-state index in [-0.39, 0.29) is 5.91 Å². The molecular formula is C24H25N3O2. The number of nitrogens with one attached hydrogen (secondary N) is 3. The molecule has 3 N–H and O–H groups in total. The van der Waals surface area contributed by atoms with Crippen LogP contribution in [-0.4, -0.2) is 11.9 Å². The Kier molecular flexibility index (Phi) is 5.98. The number of hydrogen-bond donors (Lipinski definition) is 3. The second-order valence-corrected chi connectivity index (χ2v) is 7.22. The number of urea groups is 1. The molecule has 3 rings (SSSR count). The average Bonchev–Trinajstić information content (AvgIpc) is 2.68. The molecule has 0 heterocycles. The normalized spacial score (nSPS) is 10.3. The van der Waals surface area contributed by atoms with Crippen LogP contribution in [0.3, 0.4) is 0 Å². The van der Waals surface area contributed by atoms with Gasteiger partial charge in [0.05, 0.1) is 11.3 Å². The molecule has 0 bridgehead atoms. The average molecular weight is 387 g/mol. The van der Waals surface area contributed by atoms with Gasteiger partial charge in [-0.15, -0.1) is 0 Å². The van der Waals surface area contributed by atoms with Crippen molar-refractivity contribution >= 4 is 29.0 Å². The van der Waals surface area contributed by atoms with E-state index in [2.05, 4.69) is 16.0 Å². The van der Waals surface area contributed by atoms with Crippen molar-refractivity contribution in [1.82, 2.24) is 0 Å². The van der Waals surface area contributed by atoms with Gasteiger partial charge in [0.25, 0.3) is 5.91 Å². The van der Waals surface area contributed by atoms with Crippen molar-refractivity contribution in [1.29, 1.82) is 0 Å². The van der Waals surface area contributed by atoms with E-state index in [1.807, 2.05) is 64.1 Å². The van der Waals surface area contributed by atoms with Crippen LogP contribution in [0.2, 0.25) is 0 Å². The van der Waals surface area contributed by atoms with Crippen LogP contribution in [0.1, 0.15) is 32.6 Å². The molecule has 3 aromatic rings. The van der Waals surface area contributed by atoms with E-state index >= 15 is 0 Å². The molecule has 5 nitrogen and oxygen atoms in total. The molecule has 5 heteroatoms. The van der Waals surface area contributed by atoms with Crippen molar-refractivity contribution in [2.75, 3.05) is 16.0 Å². The number of amides is 3. The number of anilines is 3. The summed E-state index contributed by atoms with van der Waals surface area (Å²) >= 11 is 0. The Morgan fingerprint density at radius 1 is 0.621 bits per heavy atom. The lowest BCUT2D eigenvalue weighted by atomic mass is 10.1. The monoisotopic (exact) mass is 387 g/mol. The van der Waals surface area contributed by atoms with Gasteiger partial charge in [-0.25, -0.2) is 4.79 Å². The number of carbonyl (C=O) groups is 2. The lowest BCUT2D eigenvalue weighted by Gasteiger charge is -2.14. The smallest absolute Gasteiger partial charge is 0.322 e. The quantitative estimate of drug-likeness (QED) is 0.528. The second-order valence-electron chi connectivity index (χ2n) is 7.22. The molecule has 0 aliphatic heterocycles. The molecule has 0 fully saturated rings. The van der Waals surface area contributed by atoms with Crippen LogP contribution in [0.15, 0.2) is 60.7 Å². The van der Waals surface area contributed by atoms with Gasteiger partial charge in [-0.3, -0.25) is 4.79 Å². The molecule has 29 heavy (non-hydrogen) atoms. The summed E-state index contributed by atoms with van der Waals surface area (Å²) in [5, 5.41) is 8.57. The summed E-state index contributed by atoms with van der Waals surface area (Å²) in [7, 11) is 0. The first-order valence-corrected chi connectivity index (χ1v) is 9.46. The number of benzene rings is 3. The number of para-hydroxylation sites is 1. The minimum atomic E-state index is -0.398. The van der Waals surface area contributed by atoms with E-state index in [9.17, 15) is 9.59 Å². The Hall–Kier alpha value is -3.60. The van der Waals surface area contributed by atoms with E-state index < -0.39 is 6.03 Å². The van der Waals surface area contributed by atoms with Gasteiger partial charge in [0, 0.05) is 11.4 Å². The molecule has 0 unspecified atom stereocenters. The van der Waals surface area contributed by atoms with Crippen molar-refractivity contribution in [3.63, 3.8) is 0 Å². The molecule has 0 aromatic heterocycles. The summed E-state index contributed by atoms with van der Waals surface area (Å²) in [6, 6.07) is 18.3. The van der Waals surface area contributed by atoms with Crippen LogP contribution in [0.25, 0.3) is 0 Å². The molecule has 0 spiro atoms. The van der Waals surface area contributed by atoms with Crippen LogP contribution >= 0.6 is 0 Å². The van der Waals surface area contributed by atoms with Gasteiger partial charge in [-0.05, 0) is 74.2 Å². The maximum absolute atomic E-state index is 12.9. The summed E-state index contributed by atoms with van der Waals surface area (Å²) in [5.41, 5.74) is 6.38. The fourth-order valence-electron chi connectivity index (χ4n) is 3.00. The molecule has 0 saturated carbocycles. The maximum atomic E-state index is 12.9. The van der Waals surface area contributed by atoms with Gasteiger partial charge in [-0.1, -0.05) is 36.4 Å². The van der Waals surface area contributed by atoms with Crippen LogP contribution in [0.4, 0.5) is 21.9 Å². The molecule has 3 aromatic carbocycles. The summed E-state index contributed by atoms with van der Waals surface area (Å²) in [6.45, 7) is 7.81. The number of carbonyl (C=O) groups excluding carboxylic acids is 2. The van der Waals surface area contributed by atoms with Crippen LogP contribution < -0.4 is 16.0 Å². The zero-order chi connectivity index (χ0) is 21.0. The molecular weight excluding hydrogens is 362 g/mol. The van der Waals surface area contributed by atoms with Crippen LogP contribution in [0.5, 0.6) is 0 Å². The van der Waals surface area contributed by atoms with Gasteiger partial charge in [0.2, 0.25) is 0 Å². The standard InChI is InChI=1S/C24H25N3O2/c1-15-9-11-17(3)21(13-15)25-23(28)19-7-5-6-8-20(19)26-24(29)27-22-14-16(2)10-12-18(22)4/h5-14H,1-4H3,(H,25,28)(H2,26,27,29). The van der Waals surface area contributed by atoms with Gasteiger partial charge < -0.3 is 16.0 Å². The fourth-order valence-corrected chi connectivity index (χ4v) is 3.00. The first kappa shape index (κ1) is 20.1. The summed E-state index contributed by atoms with van der Waals surface area (Å²) < 4.78 is 0. The number of rotatable bonds is 4. The van der Waals surface area contributed by atoms with E-state index in [0.717, 1.165) is 33.6 Å². The fraction of sp³-hybridized carbons (Fsp3) is 0.167. The van der Waals surface area contributed by atoms with Crippen molar-refractivity contribution in [3.05, 3.63) is 88.5 Å². The second kappa shape index (κ2) is 8.61. The van der Waals surface area contributed by atoms with Crippen molar-refractivity contribution in [2.24, 2.45) is 0 Å². The van der Waals surface area contributed by atoms with Crippen LogP contribution in [0, 0.1) is 27.7 Å². The summed E-state index contributed by atoms with van der Waals surface area (Å²) in [6.07, 6.45) is 0. The lowest BCUT2D eigenvalue weighted by molar-refractivity contribution is 0.102. The van der Waals surface area contributed by atoms with Gasteiger partial charge in [0.1, 0.15) is 0 Å². The van der Waals surface area contributed by atoms with E-state index in [1.165, 1.54) is 0 Å². The number of hydrogen-bond acceptors (Lipinski definition) is 2. The Labute approximate surface area is 171 Å². The first-order chi connectivity index (χ1) is 13.8. The Balaban J connectivity index is 1.78. The Bertz CT molecular complexity index is 1070. The van der Waals surface area contributed by atoms with E-state index in [1.54, 1.807) is 24.3 Å². The molecule has 0 atom stereocenters. The van der Waals surface area contributed by atoms with Gasteiger partial charge >= 0.3 is 6.03 Å². The van der Waals surface area contributed by atoms with Crippen LogP contribution in [-0.2, 0) is 0 Å². The Morgan fingerprint density at radius 3 is 1.76 bits per heavy atom. The largest absolute Gasteiger partial charge is 0.323 e. The molecule has 0 aliphatic carbocycles. The molecule has 3 amide bonds. The lowest BCUT2D eigenvalue weighted by Crippen LogP contribution is -2.23. The zero-order valence-corrected chi connectivity index (χ0v) is 17.1. The highest BCUT2D eigenvalue weighted by Gasteiger charge is 2.15. The predicted octanol–water partition coefficient (Wildman–Crippen LogP) is 5.82. The zero-order valence-electron chi connectivity index (χ0n) is 17.1. The van der Waals surface area contributed by atoms with E-state index in [0.29, 0.717) is 11.3 Å². The third-order valence-corrected chi connectivity index (χ3v) is 4.70. The molecule has 0 saturated heterocycles.